The predicted octanol–water partition coefficient (Wildman–Crippen LogP) is 3.68. The number of nitrogens with zero attached hydrogens (tertiary/aromatic N) is 2. The van der Waals surface area contributed by atoms with Crippen LogP contribution in [0.4, 0.5) is 13.6 Å². The quantitative estimate of drug-likeness (QED) is 0.403. The molecule has 0 bridgehead atoms. The number of carbonyl (C=O) groups excluding carboxylic acids is 3. The molecule has 0 spiro atoms. The molecule has 2 saturated heterocycles. The number of thioether (sulfide) groups is 1. The molecule has 1 aliphatic carbocycles. The number of allylic oxidation sites excluding steroid dienone is 1. The number of benzene rings is 2. The van der Waals surface area contributed by atoms with E-state index < -0.39 is 54.5 Å². The van der Waals surface area contributed by atoms with E-state index in [4.69, 9.17) is 14.2 Å². The maximum absolute atomic E-state index is 15.3. The van der Waals surface area contributed by atoms with Crippen molar-refractivity contribution in [3.63, 3.8) is 0 Å². The highest BCUT2D eigenvalue weighted by molar-refractivity contribution is 7.98. The zero-order valence-corrected chi connectivity index (χ0v) is 22.1. The van der Waals surface area contributed by atoms with E-state index in [1.165, 1.54) is 17.8 Å². The van der Waals surface area contributed by atoms with Gasteiger partial charge in [0.1, 0.15) is 6.17 Å². The summed E-state index contributed by atoms with van der Waals surface area (Å²) in [5.74, 6) is -2.87. The fourth-order valence-electron chi connectivity index (χ4n) is 5.67. The van der Waals surface area contributed by atoms with Gasteiger partial charge in [-0.05, 0) is 29.3 Å². The molecule has 9 nitrogen and oxygen atoms in total. The van der Waals surface area contributed by atoms with E-state index in [1.54, 1.807) is 17.0 Å². The van der Waals surface area contributed by atoms with Crippen LogP contribution in [0.25, 0.3) is 0 Å². The highest BCUT2D eigenvalue weighted by Crippen LogP contribution is 2.48. The van der Waals surface area contributed by atoms with Gasteiger partial charge in [0.15, 0.2) is 17.4 Å². The number of ether oxygens (including phenoxy) is 4. The van der Waals surface area contributed by atoms with Gasteiger partial charge in [-0.3, -0.25) is 14.5 Å². The van der Waals surface area contributed by atoms with Crippen molar-refractivity contribution in [3.8, 4) is 0 Å². The molecule has 0 saturated carbocycles. The lowest BCUT2D eigenvalue weighted by atomic mass is 9.85. The zero-order valence-electron chi connectivity index (χ0n) is 21.3. The van der Waals surface area contributed by atoms with Crippen molar-refractivity contribution in [2.45, 2.75) is 28.9 Å². The Labute approximate surface area is 232 Å². The molecular weight excluding hydrogens is 546 g/mol. The highest BCUT2D eigenvalue weighted by atomic mass is 32.2. The summed E-state index contributed by atoms with van der Waals surface area (Å²) in [6, 6.07) is 8.87. The summed E-state index contributed by atoms with van der Waals surface area (Å²) in [6.45, 7) is 0.0540. The van der Waals surface area contributed by atoms with Crippen molar-refractivity contribution in [1.82, 2.24) is 9.80 Å². The van der Waals surface area contributed by atoms with Crippen LogP contribution < -0.4 is 0 Å². The van der Waals surface area contributed by atoms with E-state index >= 15 is 4.39 Å². The molecule has 1 amide bonds. The number of ketones is 1. The Morgan fingerprint density at radius 3 is 2.80 bits per heavy atom. The summed E-state index contributed by atoms with van der Waals surface area (Å²) in [7, 11) is 1.13. The average Bonchev–Trinajstić information content (AvgIpc) is 3.13. The Bertz CT molecular complexity index is 1460. The lowest BCUT2D eigenvalue weighted by Gasteiger charge is -2.53. The number of amides is 1. The smallest absolute Gasteiger partial charge is 0.453 e. The van der Waals surface area contributed by atoms with Gasteiger partial charge in [0.2, 0.25) is 12.6 Å². The second kappa shape index (κ2) is 10.7. The molecule has 0 aromatic heterocycles. The van der Waals surface area contributed by atoms with Crippen molar-refractivity contribution in [2.24, 2.45) is 0 Å². The molecule has 2 aromatic rings. The van der Waals surface area contributed by atoms with Crippen molar-refractivity contribution in [2.75, 3.05) is 33.7 Å². The van der Waals surface area contributed by atoms with Gasteiger partial charge < -0.3 is 23.8 Å². The number of hydrogen-bond donors (Lipinski definition) is 0. The first-order valence-corrected chi connectivity index (χ1v) is 13.5. The lowest BCUT2D eigenvalue weighted by molar-refractivity contribution is -0.158. The summed E-state index contributed by atoms with van der Waals surface area (Å²) < 4.78 is 50.3. The zero-order chi connectivity index (χ0) is 28.0. The largest absolute Gasteiger partial charge is 0.510 e. The first-order valence-electron chi connectivity index (χ1n) is 12.6. The molecule has 3 atom stereocenters. The lowest BCUT2D eigenvalue weighted by Crippen LogP contribution is -2.66. The topological polar surface area (TPSA) is 94.6 Å². The standard InChI is InChI=1S/C28H24F2N2O7S/c1-36-28(35)39-14-38-26-20(33)9-8-19-23(26)27(34)31-10-11-37-12-22(31)32(19)25-15-6-7-18(29)24(30)17(15)13-40-21-5-3-2-4-16(21)25/h2-9,19,22,25H,10-14H2,1H3. The third-order valence-corrected chi connectivity index (χ3v) is 8.53. The second-order valence-electron chi connectivity index (χ2n) is 9.43. The van der Waals surface area contributed by atoms with Crippen LogP contribution in [0, 0.1) is 11.6 Å². The van der Waals surface area contributed by atoms with Crippen molar-refractivity contribution < 1.29 is 42.1 Å². The summed E-state index contributed by atoms with van der Waals surface area (Å²) in [6.07, 6.45) is 1.31. The van der Waals surface area contributed by atoms with E-state index in [-0.39, 0.29) is 42.4 Å². The first kappa shape index (κ1) is 26.5. The average molecular weight is 571 g/mol. The number of carbonyl (C=O) groups is 3. The van der Waals surface area contributed by atoms with E-state index in [1.807, 2.05) is 29.2 Å². The SMILES string of the molecule is COC(=O)OCOC1=C2C(=O)N3CCOCC3N(C3c4ccccc4SCc4c3ccc(F)c4F)C2C=CC1=O. The molecule has 2 aromatic carbocycles. The molecular formula is C28H24F2N2O7S. The molecule has 4 aliphatic rings. The third kappa shape index (κ3) is 4.36. The third-order valence-electron chi connectivity index (χ3n) is 7.41. The Morgan fingerprint density at radius 2 is 1.98 bits per heavy atom. The van der Waals surface area contributed by atoms with Gasteiger partial charge in [0.25, 0.3) is 5.91 Å². The Morgan fingerprint density at radius 1 is 1.15 bits per heavy atom. The van der Waals surface area contributed by atoms with Gasteiger partial charge in [-0.25, -0.2) is 13.6 Å². The molecule has 2 fully saturated rings. The highest BCUT2D eigenvalue weighted by Gasteiger charge is 2.51. The number of morpholine rings is 1. The minimum absolute atomic E-state index is 0.0673. The molecule has 3 unspecified atom stereocenters. The maximum Gasteiger partial charge on any atom is 0.510 e. The molecule has 12 heteroatoms. The Hall–Kier alpha value is -3.74. The molecule has 6 rings (SSSR count). The monoisotopic (exact) mass is 570 g/mol. The molecule has 208 valence electrons. The number of fused-ring (bicyclic) bond motifs is 4. The van der Waals surface area contributed by atoms with E-state index in [9.17, 15) is 18.8 Å². The molecule has 0 radical (unpaired) electrons. The van der Waals surface area contributed by atoms with Crippen LogP contribution in [0.2, 0.25) is 0 Å². The van der Waals surface area contributed by atoms with E-state index in [2.05, 4.69) is 4.74 Å². The second-order valence-corrected chi connectivity index (χ2v) is 10.4. The van der Waals surface area contributed by atoms with Crippen LogP contribution in [-0.4, -0.2) is 73.5 Å². The van der Waals surface area contributed by atoms with Crippen molar-refractivity contribution >= 4 is 29.6 Å². The van der Waals surface area contributed by atoms with Gasteiger partial charge in [0, 0.05) is 22.8 Å². The van der Waals surface area contributed by atoms with E-state index in [0.29, 0.717) is 5.56 Å². The van der Waals surface area contributed by atoms with Crippen LogP contribution in [0.1, 0.15) is 22.7 Å². The first-order chi connectivity index (χ1) is 19.4. The molecule has 0 N–H and O–H groups in total. The summed E-state index contributed by atoms with van der Waals surface area (Å²) >= 11 is 1.40. The fourth-order valence-corrected chi connectivity index (χ4v) is 6.78. The number of hydrogen-bond acceptors (Lipinski definition) is 9. The summed E-state index contributed by atoms with van der Waals surface area (Å²) in [5, 5.41) is 0. The van der Waals surface area contributed by atoms with Gasteiger partial charge in [-0.15, -0.1) is 11.8 Å². The van der Waals surface area contributed by atoms with Gasteiger partial charge in [0.05, 0.1) is 38.0 Å². The number of halogens is 2. The number of methoxy groups -OCH3 is 1. The van der Waals surface area contributed by atoms with Crippen LogP contribution in [-0.2, 0) is 34.3 Å². The Balaban J connectivity index is 1.53. The summed E-state index contributed by atoms with van der Waals surface area (Å²) in [4.78, 5) is 42.8. The van der Waals surface area contributed by atoms with Crippen molar-refractivity contribution in [1.29, 1.82) is 0 Å². The fraction of sp³-hybridized carbons (Fsp3) is 0.321. The summed E-state index contributed by atoms with van der Waals surface area (Å²) in [5.41, 5.74) is 1.70. The van der Waals surface area contributed by atoms with E-state index in [0.717, 1.165) is 23.6 Å². The van der Waals surface area contributed by atoms with Gasteiger partial charge in [-0.2, -0.15) is 0 Å². The number of rotatable bonds is 4. The van der Waals surface area contributed by atoms with Crippen LogP contribution >= 0.6 is 11.8 Å². The molecule has 3 heterocycles. The molecule has 3 aliphatic heterocycles. The predicted molar refractivity (Wildman–Crippen MR) is 137 cm³/mol. The van der Waals surface area contributed by atoms with Crippen LogP contribution in [0.3, 0.4) is 0 Å². The van der Waals surface area contributed by atoms with Gasteiger partial charge in [-0.1, -0.05) is 30.3 Å². The normalized spacial score (nSPS) is 24.0. The van der Waals surface area contributed by atoms with Crippen molar-refractivity contribution in [3.05, 3.63) is 88.2 Å². The minimum atomic E-state index is -1.01. The van der Waals surface area contributed by atoms with Crippen LogP contribution in [0.15, 0.2) is 64.8 Å². The van der Waals surface area contributed by atoms with Crippen LogP contribution in [0.5, 0.6) is 0 Å². The Kier molecular flexibility index (Phi) is 7.07. The minimum Gasteiger partial charge on any atom is -0.453 e. The molecule has 40 heavy (non-hydrogen) atoms. The maximum atomic E-state index is 15.3. The van der Waals surface area contributed by atoms with Gasteiger partial charge >= 0.3 is 6.16 Å².